The molecule has 19 heavy (non-hydrogen) atoms. The van der Waals surface area contributed by atoms with Crippen LogP contribution < -0.4 is 15.2 Å². The Morgan fingerprint density at radius 1 is 1.26 bits per heavy atom. The van der Waals surface area contributed by atoms with Gasteiger partial charge in [0.1, 0.15) is 11.5 Å². The zero-order valence-electron chi connectivity index (χ0n) is 12.1. The summed E-state index contributed by atoms with van der Waals surface area (Å²) in [6.07, 6.45) is 1.67. The molecule has 0 spiro atoms. The second-order valence-corrected chi connectivity index (χ2v) is 4.55. The number of rotatable bonds is 9. The van der Waals surface area contributed by atoms with Crippen molar-refractivity contribution in [3.8, 4) is 11.5 Å². The third kappa shape index (κ3) is 5.94. The number of ether oxygens (including phenoxy) is 3. The highest BCUT2D eigenvalue weighted by atomic mass is 16.5. The van der Waals surface area contributed by atoms with E-state index in [9.17, 15) is 0 Å². The molecular formula is C15H25NO3. The molecule has 0 heterocycles. The van der Waals surface area contributed by atoms with Gasteiger partial charge in [0.05, 0.1) is 13.7 Å². The maximum atomic E-state index is 5.85. The van der Waals surface area contributed by atoms with Gasteiger partial charge in [-0.3, -0.25) is 0 Å². The molecule has 0 saturated heterocycles. The number of hydrogen-bond acceptors (Lipinski definition) is 4. The van der Waals surface area contributed by atoms with Gasteiger partial charge < -0.3 is 19.9 Å². The molecule has 108 valence electrons. The van der Waals surface area contributed by atoms with E-state index >= 15 is 0 Å². The van der Waals surface area contributed by atoms with Crippen molar-refractivity contribution in [1.82, 2.24) is 0 Å². The third-order valence-electron chi connectivity index (χ3n) is 2.71. The fraction of sp³-hybridized carbons (Fsp3) is 0.600. The molecule has 0 aliphatic rings. The number of benzene rings is 1. The van der Waals surface area contributed by atoms with Crippen LogP contribution in [0.2, 0.25) is 0 Å². The largest absolute Gasteiger partial charge is 0.497 e. The summed E-state index contributed by atoms with van der Waals surface area (Å²) in [6.45, 7) is 6.09. The lowest BCUT2D eigenvalue weighted by atomic mass is 10.1. The van der Waals surface area contributed by atoms with Gasteiger partial charge in [-0.15, -0.1) is 0 Å². The number of nitrogens with two attached hydrogens (primary N) is 1. The van der Waals surface area contributed by atoms with Crippen LogP contribution in [-0.4, -0.2) is 33.0 Å². The second-order valence-electron chi connectivity index (χ2n) is 4.55. The Balaban J connectivity index is 2.60. The fourth-order valence-electron chi connectivity index (χ4n) is 1.80. The zero-order chi connectivity index (χ0) is 14.1. The van der Waals surface area contributed by atoms with E-state index in [2.05, 4.69) is 0 Å². The summed E-state index contributed by atoms with van der Waals surface area (Å²) in [6, 6.07) is 5.97. The zero-order valence-corrected chi connectivity index (χ0v) is 12.1. The van der Waals surface area contributed by atoms with E-state index in [-0.39, 0.29) is 6.04 Å². The van der Waals surface area contributed by atoms with Gasteiger partial charge in [-0.25, -0.2) is 0 Å². The van der Waals surface area contributed by atoms with Crippen LogP contribution in [0, 0.1) is 0 Å². The smallest absolute Gasteiger partial charge is 0.126 e. The highest BCUT2D eigenvalue weighted by molar-refractivity contribution is 5.41. The molecule has 1 atom stereocenters. The topological polar surface area (TPSA) is 53.7 Å². The molecule has 1 aromatic carbocycles. The number of hydrogen-bond donors (Lipinski definition) is 1. The Kier molecular flexibility index (Phi) is 7.30. The van der Waals surface area contributed by atoms with Gasteiger partial charge in [0, 0.05) is 31.7 Å². The molecule has 4 heteroatoms. The van der Waals surface area contributed by atoms with Gasteiger partial charge in [0.15, 0.2) is 0 Å². The standard InChI is InChI=1S/C15H25NO3/c1-4-18-8-5-9-19-15-11-14(17-3)7-6-13(15)10-12(2)16/h6-7,11-12H,4-5,8-10,16H2,1-3H3. The van der Waals surface area contributed by atoms with Crippen LogP contribution in [0.1, 0.15) is 25.8 Å². The Hall–Kier alpha value is -1.26. The van der Waals surface area contributed by atoms with Crippen molar-refractivity contribution in [2.45, 2.75) is 32.7 Å². The molecule has 0 fully saturated rings. The van der Waals surface area contributed by atoms with Crippen molar-refractivity contribution in [2.24, 2.45) is 5.73 Å². The van der Waals surface area contributed by atoms with Crippen molar-refractivity contribution >= 4 is 0 Å². The number of methoxy groups -OCH3 is 1. The lowest BCUT2D eigenvalue weighted by Gasteiger charge is -2.14. The van der Waals surface area contributed by atoms with E-state index in [0.29, 0.717) is 6.61 Å². The van der Waals surface area contributed by atoms with Gasteiger partial charge in [0.2, 0.25) is 0 Å². The second kappa shape index (κ2) is 8.77. The molecule has 4 nitrogen and oxygen atoms in total. The first-order valence-electron chi connectivity index (χ1n) is 6.80. The predicted molar refractivity (Wildman–Crippen MR) is 77.0 cm³/mol. The summed E-state index contributed by atoms with van der Waals surface area (Å²) in [5, 5.41) is 0. The Bertz CT molecular complexity index is 366. The van der Waals surface area contributed by atoms with Crippen molar-refractivity contribution in [3.63, 3.8) is 0 Å². The van der Waals surface area contributed by atoms with E-state index in [1.54, 1.807) is 7.11 Å². The summed E-state index contributed by atoms with van der Waals surface area (Å²) >= 11 is 0. The average molecular weight is 267 g/mol. The van der Waals surface area contributed by atoms with E-state index in [0.717, 1.165) is 43.1 Å². The van der Waals surface area contributed by atoms with Crippen LogP contribution in [0.3, 0.4) is 0 Å². The molecule has 1 unspecified atom stereocenters. The lowest BCUT2D eigenvalue weighted by molar-refractivity contribution is 0.130. The molecule has 1 rings (SSSR count). The molecule has 0 aromatic heterocycles. The predicted octanol–water partition coefficient (Wildman–Crippen LogP) is 2.39. The molecular weight excluding hydrogens is 242 g/mol. The summed E-state index contributed by atoms with van der Waals surface area (Å²) in [5.74, 6) is 1.65. The van der Waals surface area contributed by atoms with Crippen LogP contribution in [-0.2, 0) is 11.2 Å². The molecule has 0 saturated carbocycles. The first-order chi connectivity index (χ1) is 9.17. The highest BCUT2D eigenvalue weighted by Gasteiger charge is 2.08. The maximum absolute atomic E-state index is 5.85. The molecule has 2 N–H and O–H groups in total. The van der Waals surface area contributed by atoms with Gasteiger partial charge in [0.25, 0.3) is 0 Å². The van der Waals surface area contributed by atoms with Crippen molar-refractivity contribution < 1.29 is 14.2 Å². The first-order valence-corrected chi connectivity index (χ1v) is 6.80. The van der Waals surface area contributed by atoms with Crippen LogP contribution in [0.15, 0.2) is 18.2 Å². The van der Waals surface area contributed by atoms with E-state index < -0.39 is 0 Å². The quantitative estimate of drug-likeness (QED) is 0.698. The minimum absolute atomic E-state index is 0.110. The fourth-order valence-corrected chi connectivity index (χ4v) is 1.80. The molecule has 0 aliphatic carbocycles. The average Bonchev–Trinajstić information content (AvgIpc) is 2.39. The van der Waals surface area contributed by atoms with E-state index in [1.165, 1.54) is 0 Å². The van der Waals surface area contributed by atoms with E-state index in [1.807, 2.05) is 32.0 Å². The van der Waals surface area contributed by atoms with Gasteiger partial charge >= 0.3 is 0 Å². The van der Waals surface area contributed by atoms with Crippen LogP contribution in [0.25, 0.3) is 0 Å². The Morgan fingerprint density at radius 3 is 2.68 bits per heavy atom. The summed E-state index contributed by atoms with van der Waals surface area (Å²) in [7, 11) is 1.65. The third-order valence-corrected chi connectivity index (χ3v) is 2.71. The Labute approximate surface area is 115 Å². The van der Waals surface area contributed by atoms with Crippen LogP contribution in [0.5, 0.6) is 11.5 Å². The molecule has 0 amide bonds. The van der Waals surface area contributed by atoms with Crippen LogP contribution >= 0.6 is 0 Å². The minimum Gasteiger partial charge on any atom is -0.497 e. The SMILES string of the molecule is CCOCCCOc1cc(OC)ccc1CC(C)N. The van der Waals surface area contributed by atoms with Gasteiger partial charge in [-0.1, -0.05) is 6.07 Å². The summed E-state index contributed by atoms with van der Waals surface area (Å²) in [5.41, 5.74) is 6.97. The maximum Gasteiger partial charge on any atom is 0.126 e. The van der Waals surface area contributed by atoms with Gasteiger partial charge in [-0.2, -0.15) is 0 Å². The Morgan fingerprint density at radius 2 is 2.05 bits per heavy atom. The molecule has 0 radical (unpaired) electrons. The normalized spacial score (nSPS) is 12.2. The van der Waals surface area contributed by atoms with Crippen molar-refractivity contribution in [2.75, 3.05) is 26.9 Å². The van der Waals surface area contributed by atoms with Crippen molar-refractivity contribution in [3.05, 3.63) is 23.8 Å². The van der Waals surface area contributed by atoms with E-state index in [4.69, 9.17) is 19.9 Å². The monoisotopic (exact) mass is 267 g/mol. The van der Waals surface area contributed by atoms with Crippen molar-refractivity contribution in [1.29, 1.82) is 0 Å². The summed E-state index contributed by atoms with van der Waals surface area (Å²) in [4.78, 5) is 0. The van der Waals surface area contributed by atoms with Crippen LogP contribution in [0.4, 0.5) is 0 Å². The first kappa shape index (κ1) is 15.8. The van der Waals surface area contributed by atoms with Gasteiger partial charge in [-0.05, 0) is 31.9 Å². The molecule has 1 aromatic rings. The highest BCUT2D eigenvalue weighted by Crippen LogP contribution is 2.26. The molecule has 0 bridgehead atoms. The minimum atomic E-state index is 0.110. The molecule has 0 aliphatic heterocycles. The lowest BCUT2D eigenvalue weighted by Crippen LogP contribution is -2.18. The summed E-state index contributed by atoms with van der Waals surface area (Å²) < 4.78 is 16.3.